The highest BCUT2D eigenvalue weighted by molar-refractivity contribution is 5.91. The van der Waals surface area contributed by atoms with Gasteiger partial charge in [-0.05, 0) is 48.5 Å². The summed E-state index contributed by atoms with van der Waals surface area (Å²) in [5.74, 6) is 0.588. The summed E-state index contributed by atoms with van der Waals surface area (Å²) in [4.78, 5) is 12.0. The van der Waals surface area contributed by atoms with Crippen molar-refractivity contribution < 1.29 is 19.0 Å². The van der Waals surface area contributed by atoms with Crippen LogP contribution in [0.15, 0.2) is 48.5 Å². The Morgan fingerprint density at radius 2 is 1.64 bits per heavy atom. The predicted octanol–water partition coefficient (Wildman–Crippen LogP) is 2.80. The van der Waals surface area contributed by atoms with Crippen LogP contribution in [-0.4, -0.2) is 26.3 Å². The summed E-state index contributed by atoms with van der Waals surface area (Å²) in [6.07, 6.45) is 0. The number of nitriles is 1. The van der Waals surface area contributed by atoms with E-state index in [1.807, 2.05) is 6.07 Å². The minimum atomic E-state index is -0.465. The molecular formula is C17H15NO4. The Balaban J connectivity index is 1.95. The molecule has 0 atom stereocenters. The van der Waals surface area contributed by atoms with E-state index in [2.05, 4.69) is 0 Å². The van der Waals surface area contributed by atoms with Gasteiger partial charge in [0.2, 0.25) is 0 Å². The molecule has 0 unspecified atom stereocenters. The van der Waals surface area contributed by atoms with Crippen LogP contribution in [0.1, 0.15) is 15.9 Å². The zero-order valence-electron chi connectivity index (χ0n) is 12.1. The molecule has 0 aliphatic rings. The fourth-order valence-electron chi connectivity index (χ4n) is 1.69. The quantitative estimate of drug-likeness (QED) is 0.466. The molecule has 2 aromatic rings. The maximum Gasteiger partial charge on any atom is 0.343 e. The fourth-order valence-corrected chi connectivity index (χ4v) is 1.69. The highest BCUT2D eigenvalue weighted by Crippen LogP contribution is 2.16. The maximum atomic E-state index is 12.0. The van der Waals surface area contributed by atoms with Gasteiger partial charge >= 0.3 is 5.97 Å². The van der Waals surface area contributed by atoms with Gasteiger partial charge in [-0.15, -0.1) is 0 Å². The molecule has 0 aromatic heterocycles. The number of carbonyl (C=O) groups excluding carboxylic acids is 1. The summed E-state index contributed by atoms with van der Waals surface area (Å²) < 4.78 is 15.5. The molecule has 0 radical (unpaired) electrons. The summed E-state index contributed by atoms with van der Waals surface area (Å²) in [5, 5.41) is 8.71. The molecule has 0 aliphatic carbocycles. The van der Waals surface area contributed by atoms with E-state index in [4.69, 9.17) is 19.5 Å². The first-order chi connectivity index (χ1) is 10.7. The smallest absolute Gasteiger partial charge is 0.343 e. The van der Waals surface area contributed by atoms with Crippen molar-refractivity contribution in [3.05, 3.63) is 59.7 Å². The van der Waals surface area contributed by atoms with Crippen molar-refractivity contribution >= 4 is 5.97 Å². The molecule has 0 amide bonds. The van der Waals surface area contributed by atoms with E-state index in [1.54, 1.807) is 55.6 Å². The first kappa shape index (κ1) is 15.5. The lowest BCUT2D eigenvalue weighted by molar-refractivity contribution is 0.0734. The summed E-state index contributed by atoms with van der Waals surface area (Å²) in [5.41, 5.74) is 0.931. The number of benzene rings is 2. The molecule has 0 aliphatic heterocycles. The van der Waals surface area contributed by atoms with Crippen molar-refractivity contribution in [1.29, 1.82) is 5.26 Å². The number of methoxy groups -OCH3 is 1. The number of rotatable bonds is 6. The minimum Gasteiger partial charge on any atom is -0.491 e. The van der Waals surface area contributed by atoms with Crippen LogP contribution in [0.2, 0.25) is 0 Å². The average molecular weight is 297 g/mol. The normalized spacial score (nSPS) is 9.82. The molecule has 2 rings (SSSR count). The molecule has 5 heteroatoms. The van der Waals surface area contributed by atoms with Gasteiger partial charge in [-0.3, -0.25) is 0 Å². The molecule has 5 nitrogen and oxygen atoms in total. The molecule has 0 N–H and O–H groups in total. The third kappa shape index (κ3) is 4.33. The van der Waals surface area contributed by atoms with Gasteiger partial charge in [0.25, 0.3) is 0 Å². The lowest BCUT2D eigenvalue weighted by atomic mass is 10.2. The summed E-state index contributed by atoms with van der Waals surface area (Å²) in [7, 11) is 1.60. The lowest BCUT2D eigenvalue weighted by Gasteiger charge is -2.07. The van der Waals surface area contributed by atoms with Crippen molar-refractivity contribution in [2.75, 3.05) is 20.3 Å². The Hall–Kier alpha value is -2.84. The van der Waals surface area contributed by atoms with Crippen LogP contribution in [0, 0.1) is 11.3 Å². The molecule has 112 valence electrons. The molecule has 0 spiro atoms. The van der Waals surface area contributed by atoms with Crippen LogP contribution in [0.3, 0.4) is 0 Å². The van der Waals surface area contributed by atoms with Crippen molar-refractivity contribution in [2.45, 2.75) is 0 Å². The minimum absolute atomic E-state index is 0.393. The third-order valence-corrected chi connectivity index (χ3v) is 2.84. The summed E-state index contributed by atoms with van der Waals surface area (Å²) in [6, 6.07) is 15.0. The number of hydrogen-bond acceptors (Lipinski definition) is 5. The Kier molecular flexibility index (Phi) is 5.52. The first-order valence-corrected chi connectivity index (χ1v) is 6.67. The summed E-state index contributed by atoms with van der Waals surface area (Å²) in [6.45, 7) is 0.952. The number of esters is 1. The van der Waals surface area contributed by atoms with Crippen molar-refractivity contribution in [3.63, 3.8) is 0 Å². The van der Waals surface area contributed by atoms with Gasteiger partial charge in [0.05, 0.1) is 23.8 Å². The van der Waals surface area contributed by atoms with Crippen molar-refractivity contribution in [2.24, 2.45) is 0 Å². The van der Waals surface area contributed by atoms with E-state index in [1.165, 1.54) is 0 Å². The van der Waals surface area contributed by atoms with E-state index in [0.717, 1.165) is 0 Å². The molecule has 22 heavy (non-hydrogen) atoms. The SMILES string of the molecule is COCCOc1ccc(C(=O)Oc2ccc(C#N)cc2)cc1. The van der Waals surface area contributed by atoms with Crippen LogP contribution >= 0.6 is 0 Å². The van der Waals surface area contributed by atoms with Crippen LogP contribution in [0.5, 0.6) is 11.5 Å². The number of ether oxygens (including phenoxy) is 3. The van der Waals surface area contributed by atoms with Gasteiger partial charge in [-0.1, -0.05) is 0 Å². The Morgan fingerprint density at radius 1 is 1.00 bits per heavy atom. The number of nitrogens with zero attached hydrogens (tertiary/aromatic N) is 1. The maximum absolute atomic E-state index is 12.0. The van der Waals surface area contributed by atoms with E-state index < -0.39 is 5.97 Å². The van der Waals surface area contributed by atoms with Gasteiger partial charge in [-0.2, -0.15) is 5.26 Å². The van der Waals surface area contributed by atoms with Crippen LogP contribution in [0.4, 0.5) is 0 Å². The van der Waals surface area contributed by atoms with Crippen molar-refractivity contribution in [1.82, 2.24) is 0 Å². The zero-order valence-corrected chi connectivity index (χ0v) is 12.1. The van der Waals surface area contributed by atoms with Crippen LogP contribution < -0.4 is 9.47 Å². The average Bonchev–Trinajstić information content (AvgIpc) is 2.56. The fraction of sp³-hybridized carbons (Fsp3) is 0.176. The third-order valence-electron chi connectivity index (χ3n) is 2.84. The van der Waals surface area contributed by atoms with Crippen molar-refractivity contribution in [3.8, 4) is 17.6 Å². The molecule has 0 bridgehead atoms. The molecule has 0 saturated heterocycles. The van der Waals surface area contributed by atoms with E-state index >= 15 is 0 Å². The molecule has 2 aromatic carbocycles. The van der Waals surface area contributed by atoms with Gasteiger partial charge in [0.15, 0.2) is 0 Å². The Morgan fingerprint density at radius 3 is 2.23 bits per heavy atom. The second-order valence-corrected chi connectivity index (χ2v) is 4.39. The highest BCUT2D eigenvalue weighted by atomic mass is 16.5. The summed E-state index contributed by atoms with van der Waals surface area (Å²) >= 11 is 0. The zero-order chi connectivity index (χ0) is 15.8. The number of hydrogen-bond donors (Lipinski definition) is 0. The predicted molar refractivity (Wildman–Crippen MR) is 79.9 cm³/mol. The highest BCUT2D eigenvalue weighted by Gasteiger charge is 2.08. The monoisotopic (exact) mass is 297 g/mol. The second kappa shape index (κ2) is 7.81. The van der Waals surface area contributed by atoms with Gasteiger partial charge in [0, 0.05) is 7.11 Å². The van der Waals surface area contributed by atoms with E-state index in [9.17, 15) is 4.79 Å². The van der Waals surface area contributed by atoms with E-state index in [0.29, 0.717) is 35.8 Å². The van der Waals surface area contributed by atoms with Crippen LogP contribution in [0.25, 0.3) is 0 Å². The first-order valence-electron chi connectivity index (χ1n) is 6.67. The van der Waals surface area contributed by atoms with Gasteiger partial charge in [-0.25, -0.2) is 4.79 Å². The van der Waals surface area contributed by atoms with Crippen LogP contribution in [-0.2, 0) is 4.74 Å². The molecule has 0 heterocycles. The lowest BCUT2D eigenvalue weighted by Crippen LogP contribution is -2.09. The largest absolute Gasteiger partial charge is 0.491 e. The van der Waals surface area contributed by atoms with Gasteiger partial charge < -0.3 is 14.2 Å². The molecule has 0 fully saturated rings. The van der Waals surface area contributed by atoms with Gasteiger partial charge in [0.1, 0.15) is 18.1 Å². The molecular weight excluding hydrogens is 282 g/mol. The van der Waals surface area contributed by atoms with E-state index in [-0.39, 0.29) is 0 Å². The topological polar surface area (TPSA) is 68.6 Å². The number of carbonyl (C=O) groups is 1. The molecule has 0 saturated carbocycles. The second-order valence-electron chi connectivity index (χ2n) is 4.39. The Bertz CT molecular complexity index is 657. The Labute approximate surface area is 128 Å². The standard InChI is InChI=1S/C17H15NO4/c1-20-10-11-21-15-8-4-14(5-9-15)17(19)22-16-6-2-13(12-18)3-7-16/h2-9H,10-11H2,1H3.